The second-order valence-electron chi connectivity index (χ2n) is 3.58. The van der Waals surface area contributed by atoms with Crippen LogP contribution in [0, 0.1) is 0 Å². The van der Waals surface area contributed by atoms with Crippen molar-refractivity contribution in [1.82, 2.24) is 0 Å². The summed E-state index contributed by atoms with van der Waals surface area (Å²) in [6.07, 6.45) is 1.83. The summed E-state index contributed by atoms with van der Waals surface area (Å²) >= 11 is 3.45. The molecule has 1 aromatic carbocycles. The Morgan fingerprint density at radius 2 is 2.27 bits per heavy atom. The molecule has 1 atom stereocenters. The van der Waals surface area contributed by atoms with Gasteiger partial charge in [0.2, 0.25) is 0 Å². The zero-order valence-corrected chi connectivity index (χ0v) is 10.7. The first-order chi connectivity index (χ1) is 7.22. The summed E-state index contributed by atoms with van der Waals surface area (Å²) in [5.41, 5.74) is 7.27. The Hall–Kier alpha value is -0.380. The lowest BCUT2D eigenvalue weighted by atomic mass is 10.0. The zero-order valence-electron chi connectivity index (χ0n) is 9.08. The number of rotatable bonds is 6. The Kier molecular flexibility index (Phi) is 5.91. The first-order valence-corrected chi connectivity index (χ1v) is 6.09. The minimum atomic E-state index is 0.186. The highest BCUT2D eigenvalue weighted by Gasteiger charge is 2.04. The molecule has 0 aromatic heterocycles. The van der Waals surface area contributed by atoms with Gasteiger partial charge in [-0.3, -0.25) is 0 Å². The van der Waals surface area contributed by atoms with E-state index in [2.05, 4.69) is 28.1 Å². The van der Waals surface area contributed by atoms with E-state index in [1.165, 1.54) is 5.56 Å². The number of nitrogens with two attached hydrogens (primary N) is 1. The van der Waals surface area contributed by atoms with E-state index in [9.17, 15) is 0 Å². The van der Waals surface area contributed by atoms with Crippen LogP contribution in [-0.2, 0) is 11.2 Å². The molecule has 0 saturated heterocycles. The first-order valence-electron chi connectivity index (χ1n) is 5.30. The van der Waals surface area contributed by atoms with Crippen LogP contribution in [0.2, 0.25) is 0 Å². The molecule has 0 aliphatic carbocycles. The molecule has 0 bridgehead atoms. The molecule has 15 heavy (non-hydrogen) atoms. The van der Waals surface area contributed by atoms with Gasteiger partial charge in [0.1, 0.15) is 0 Å². The summed E-state index contributed by atoms with van der Waals surface area (Å²) in [5, 5.41) is 0. The predicted molar refractivity (Wildman–Crippen MR) is 66.9 cm³/mol. The summed E-state index contributed by atoms with van der Waals surface area (Å²) in [7, 11) is 0. The Morgan fingerprint density at radius 1 is 1.47 bits per heavy atom. The largest absolute Gasteiger partial charge is 0.382 e. The Balaban J connectivity index is 2.34. The maximum atomic E-state index is 6.00. The van der Waals surface area contributed by atoms with Crippen LogP contribution in [0.4, 0.5) is 0 Å². The SMILES string of the molecule is CCOCCC(N)Cc1cccc(Br)c1. The third-order valence-corrected chi connectivity index (χ3v) is 2.72. The van der Waals surface area contributed by atoms with Gasteiger partial charge >= 0.3 is 0 Å². The maximum Gasteiger partial charge on any atom is 0.0480 e. The molecular weight excluding hydrogens is 254 g/mol. The smallest absolute Gasteiger partial charge is 0.0480 e. The molecule has 0 amide bonds. The van der Waals surface area contributed by atoms with Gasteiger partial charge in [-0.2, -0.15) is 0 Å². The summed E-state index contributed by atoms with van der Waals surface area (Å²) in [6.45, 7) is 3.52. The van der Waals surface area contributed by atoms with Crippen LogP contribution < -0.4 is 5.73 Å². The highest BCUT2D eigenvalue weighted by Crippen LogP contribution is 2.13. The van der Waals surface area contributed by atoms with E-state index in [0.717, 1.165) is 30.5 Å². The third kappa shape index (κ3) is 5.30. The molecule has 0 spiro atoms. The van der Waals surface area contributed by atoms with Crippen molar-refractivity contribution in [2.24, 2.45) is 5.73 Å². The first kappa shape index (κ1) is 12.7. The highest BCUT2D eigenvalue weighted by atomic mass is 79.9. The molecule has 84 valence electrons. The molecule has 0 radical (unpaired) electrons. The lowest BCUT2D eigenvalue weighted by Crippen LogP contribution is -2.24. The monoisotopic (exact) mass is 271 g/mol. The average Bonchev–Trinajstić information content (AvgIpc) is 2.18. The molecule has 1 aromatic rings. The maximum absolute atomic E-state index is 6.00. The van der Waals surface area contributed by atoms with E-state index in [-0.39, 0.29) is 6.04 Å². The third-order valence-electron chi connectivity index (χ3n) is 2.22. The Morgan fingerprint density at radius 3 is 2.93 bits per heavy atom. The molecular formula is C12H18BrNO. The minimum absolute atomic E-state index is 0.186. The minimum Gasteiger partial charge on any atom is -0.382 e. The highest BCUT2D eigenvalue weighted by molar-refractivity contribution is 9.10. The number of ether oxygens (including phenoxy) is 1. The molecule has 3 heteroatoms. The van der Waals surface area contributed by atoms with Crippen molar-refractivity contribution in [3.63, 3.8) is 0 Å². The van der Waals surface area contributed by atoms with Crippen molar-refractivity contribution >= 4 is 15.9 Å². The second kappa shape index (κ2) is 6.99. The fourth-order valence-corrected chi connectivity index (χ4v) is 1.89. The van der Waals surface area contributed by atoms with Crippen molar-refractivity contribution < 1.29 is 4.74 Å². The van der Waals surface area contributed by atoms with E-state index in [1.807, 2.05) is 19.1 Å². The van der Waals surface area contributed by atoms with Gasteiger partial charge in [-0.1, -0.05) is 28.1 Å². The molecule has 1 unspecified atom stereocenters. The summed E-state index contributed by atoms with van der Waals surface area (Å²) in [4.78, 5) is 0. The van der Waals surface area contributed by atoms with Gasteiger partial charge in [-0.25, -0.2) is 0 Å². The van der Waals surface area contributed by atoms with Gasteiger partial charge < -0.3 is 10.5 Å². The van der Waals surface area contributed by atoms with E-state index in [4.69, 9.17) is 10.5 Å². The standard InChI is InChI=1S/C12H18BrNO/c1-2-15-7-6-12(14)9-10-4-3-5-11(13)8-10/h3-5,8,12H,2,6-7,9,14H2,1H3. The van der Waals surface area contributed by atoms with Crippen molar-refractivity contribution in [2.75, 3.05) is 13.2 Å². The summed E-state index contributed by atoms with van der Waals surface area (Å²) in [6, 6.07) is 8.46. The van der Waals surface area contributed by atoms with Gasteiger partial charge in [0, 0.05) is 23.7 Å². The van der Waals surface area contributed by atoms with Crippen molar-refractivity contribution in [3.8, 4) is 0 Å². The topological polar surface area (TPSA) is 35.2 Å². The number of hydrogen-bond acceptors (Lipinski definition) is 2. The number of halogens is 1. The second-order valence-corrected chi connectivity index (χ2v) is 4.50. The fraction of sp³-hybridized carbons (Fsp3) is 0.500. The fourth-order valence-electron chi connectivity index (χ4n) is 1.45. The van der Waals surface area contributed by atoms with Crippen LogP contribution in [0.25, 0.3) is 0 Å². The molecule has 0 aliphatic rings. The van der Waals surface area contributed by atoms with Crippen LogP contribution in [0.5, 0.6) is 0 Å². The summed E-state index contributed by atoms with van der Waals surface area (Å²) in [5.74, 6) is 0. The molecule has 0 saturated carbocycles. The van der Waals surface area contributed by atoms with Gasteiger partial charge in [-0.15, -0.1) is 0 Å². The van der Waals surface area contributed by atoms with Crippen molar-refractivity contribution in [3.05, 3.63) is 34.3 Å². The van der Waals surface area contributed by atoms with Crippen molar-refractivity contribution in [2.45, 2.75) is 25.8 Å². The summed E-state index contributed by atoms with van der Waals surface area (Å²) < 4.78 is 6.38. The van der Waals surface area contributed by atoms with Crippen LogP contribution in [0.15, 0.2) is 28.7 Å². The molecule has 0 fully saturated rings. The molecule has 2 N–H and O–H groups in total. The predicted octanol–water partition coefficient (Wildman–Crippen LogP) is 2.75. The normalized spacial score (nSPS) is 12.7. The zero-order chi connectivity index (χ0) is 11.1. The lowest BCUT2D eigenvalue weighted by Gasteiger charge is -2.11. The number of hydrogen-bond donors (Lipinski definition) is 1. The lowest BCUT2D eigenvalue weighted by molar-refractivity contribution is 0.140. The van der Waals surface area contributed by atoms with E-state index >= 15 is 0 Å². The van der Waals surface area contributed by atoms with Crippen LogP contribution in [0.1, 0.15) is 18.9 Å². The van der Waals surface area contributed by atoms with Gasteiger partial charge in [-0.05, 0) is 37.5 Å². The van der Waals surface area contributed by atoms with E-state index < -0.39 is 0 Å². The average molecular weight is 272 g/mol. The van der Waals surface area contributed by atoms with Gasteiger partial charge in [0.25, 0.3) is 0 Å². The van der Waals surface area contributed by atoms with Crippen LogP contribution in [-0.4, -0.2) is 19.3 Å². The Bertz CT molecular complexity index is 291. The number of benzene rings is 1. The molecule has 1 rings (SSSR count). The Labute approximate surface area is 99.9 Å². The molecule has 0 aliphatic heterocycles. The van der Waals surface area contributed by atoms with Crippen LogP contribution in [0.3, 0.4) is 0 Å². The van der Waals surface area contributed by atoms with Gasteiger partial charge in [0.05, 0.1) is 0 Å². The van der Waals surface area contributed by atoms with E-state index in [1.54, 1.807) is 0 Å². The van der Waals surface area contributed by atoms with Crippen LogP contribution >= 0.6 is 15.9 Å². The van der Waals surface area contributed by atoms with Crippen molar-refractivity contribution in [1.29, 1.82) is 0 Å². The molecule has 2 nitrogen and oxygen atoms in total. The van der Waals surface area contributed by atoms with E-state index in [0.29, 0.717) is 0 Å². The quantitative estimate of drug-likeness (QED) is 0.808. The van der Waals surface area contributed by atoms with Gasteiger partial charge in [0.15, 0.2) is 0 Å². The molecule has 0 heterocycles.